The Hall–Kier alpha value is -3.48. The Morgan fingerprint density at radius 2 is 1.05 bits per heavy atom. The fraction of sp³-hybridized carbons (Fsp3) is 0.538. The van der Waals surface area contributed by atoms with Crippen molar-refractivity contribution < 1.29 is 59.3 Å². The first kappa shape index (κ1) is 36.5. The van der Waals surface area contributed by atoms with Gasteiger partial charge in [0.2, 0.25) is 23.6 Å². The summed E-state index contributed by atoms with van der Waals surface area (Å²) in [6.07, 6.45) is -8.80. The fourth-order valence-corrected chi connectivity index (χ4v) is 3.66. The number of hydrogen-bond donors (Lipinski definition) is 10. The summed E-state index contributed by atoms with van der Waals surface area (Å²) in [5.41, 5.74) is 0.461. The molecule has 2 heterocycles. The second-order valence-electron chi connectivity index (χ2n) is 9.55. The van der Waals surface area contributed by atoms with Gasteiger partial charge < -0.3 is 61.4 Å². The van der Waals surface area contributed by atoms with E-state index >= 15 is 0 Å². The van der Waals surface area contributed by atoms with Gasteiger partial charge in [-0.2, -0.15) is 0 Å². The maximum Gasteiger partial charge on any atom is 0.246 e. The van der Waals surface area contributed by atoms with Crippen LogP contribution in [0, 0.1) is 0 Å². The summed E-state index contributed by atoms with van der Waals surface area (Å²) >= 11 is 0. The minimum atomic E-state index is -1.53. The van der Waals surface area contributed by atoms with Gasteiger partial charge in [0.05, 0.1) is 0 Å². The monoisotopic (exact) mass is 600 g/mol. The Labute approximate surface area is 242 Å². The van der Waals surface area contributed by atoms with Crippen LogP contribution in [0.3, 0.4) is 0 Å². The molecule has 2 rings (SSSR count). The molecule has 4 amide bonds. The van der Waals surface area contributed by atoms with Gasteiger partial charge in [0, 0.05) is 24.2 Å². The lowest BCUT2D eigenvalue weighted by Gasteiger charge is -2.41. The highest BCUT2D eigenvalue weighted by Gasteiger charge is 2.45. The number of nitrogens with one attached hydrogen (secondary N) is 4. The van der Waals surface area contributed by atoms with E-state index < -0.39 is 84.9 Å². The molecule has 0 spiro atoms. The SMILES string of the molecule is C=C(C)C(=O)NCC1OC(O)C(NC(=O)C(=C)C)C(O)C1O.C=CC(=O)NCC1OC(O)C(NC(=O)C=C)C(O)C1O. The van der Waals surface area contributed by atoms with E-state index in [1.807, 2.05) is 0 Å². The van der Waals surface area contributed by atoms with Crippen molar-refractivity contribution in [2.24, 2.45) is 0 Å². The zero-order chi connectivity index (χ0) is 32.3. The molecule has 236 valence electrons. The van der Waals surface area contributed by atoms with E-state index in [1.54, 1.807) is 0 Å². The van der Waals surface area contributed by atoms with E-state index in [0.717, 1.165) is 12.2 Å². The highest BCUT2D eigenvalue weighted by Crippen LogP contribution is 2.21. The summed E-state index contributed by atoms with van der Waals surface area (Å²) in [4.78, 5) is 45.1. The number of aliphatic hydroxyl groups excluding tert-OH is 6. The Balaban J connectivity index is 0.000000422. The molecule has 0 aliphatic carbocycles. The molecule has 10 unspecified atom stereocenters. The molecule has 2 aliphatic heterocycles. The third-order valence-corrected chi connectivity index (χ3v) is 6.13. The van der Waals surface area contributed by atoms with Crippen LogP contribution in [0.5, 0.6) is 0 Å². The van der Waals surface area contributed by atoms with Crippen molar-refractivity contribution in [3.63, 3.8) is 0 Å². The third-order valence-electron chi connectivity index (χ3n) is 6.13. The van der Waals surface area contributed by atoms with Crippen LogP contribution < -0.4 is 21.3 Å². The summed E-state index contributed by atoms with van der Waals surface area (Å²) in [7, 11) is 0. The molecule has 0 aromatic heterocycles. The Bertz CT molecular complexity index is 1030. The molecule has 10 atom stereocenters. The zero-order valence-corrected chi connectivity index (χ0v) is 23.3. The molecule has 0 radical (unpaired) electrons. The molecule has 2 fully saturated rings. The van der Waals surface area contributed by atoms with E-state index in [-0.39, 0.29) is 24.2 Å². The van der Waals surface area contributed by atoms with Crippen molar-refractivity contribution in [3.05, 3.63) is 49.6 Å². The molecule has 2 aliphatic rings. The smallest absolute Gasteiger partial charge is 0.246 e. The van der Waals surface area contributed by atoms with Crippen molar-refractivity contribution in [1.29, 1.82) is 0 Å². The van der Waals surface area contributed by atoms with Crippen molar-refractivity contribution in [2.45, 2.75) is 75.1 Å². The van der Waals surface area contributed by atoms with Crippen molar-refractivity contribution in [3.8, 4) is 0 Å². The molecule has 0 bridgehead atoms. The van der Waals surface area contributed by atoms with E-state index in [9.17, 15) is 49.8 Å². The van der Waals surface area contributed by atoms with E-state index in [1.165, 1.54) is 13.8 Å². The van der Waals surface area contributed by atoms with Gasteiger partial charge >= 0.3 is 0 Å². The summed E-state index contributed by atoms with van der Waals surface area (Å²) < 4.78 is 10.2. The molecule has 10 N–H and O–H groups in total. The van der Waals surface area contributed by atoms with Gasteiger partial charge in [-0.1, -0.05) is 26.3 Å². The predicted molar refractivity (Wildman–Crippen MR) is 146 cm³/mol. The van der Waals surface area contributed by atoms with E-state index in [4.69, 9.17) is 9.47 Å². The molecule has 16 heteroatoms. The molecular formula is C26H40N4O12. The van der Waals surface area contributed by atoms with Gasteiger partial charge in [-0.25, -0.2) is 0 Å². The van der Waals surface area contributed by atoms with E-state index in [0.29, 0.717) is 0 Å². The largest absolute Gasteiger partial charge is 0.388 e. The van der Waals surface area contributed by atoms with Crippen LogP contribution in [0.4, 0.5) is 0 Å². The lowest BCUT2D eigenvalue weighted by Crippen LogP contribution is -2.65. The predicted octanol–water partition coefficient (Wildman–Crippen LogP) is -4.42. The Kier molecular flexibility index (Phi) is 14.6. The molecule has 0 saturated carbocycles. The standard InChI is InChI=1S/C14H22N2O6.C12H18N2O6/c1-6(2)12(19)15-5-8-10(17)11(18)9(14(21)22-8)16-13(20)7(3)4;1-3-7(15)13-5-6-10(17)11(18)9(12(19)20-6)14-8(16)4-2/h8-11,14,17-18,21H,1,3,5H2,2,4H3,(H,15,19)(H,16,20);3-4,6,9-12,17-19H,1-2,5H2,(H,13,15)(H,14,16). The van der Waals surface area contributed by atoms with Gasteiger partial charge in [-0.05, 0) is 26.0 Å². The van der Waals surface area contributed by atoms with Gasteiger partial charge in [0.15, 0.2) is 12.6 Å². The summed E-state index contributed by atoms with van der Waals surface area (Å²) in [5, 5.41) is 68.7. The fourth-order valence-electron chi connectivity index (χ4n) is 3.66. The van der Waals surface area contributed by atoms with Crippen LogP contribution >= 0.6 is 0 Å². The normalized spacial score (nSPS) is 32.1. The Morgan fingerprint density at radius 3 is 1.45 bits per heavy atom. The summed E-state index contributed by atoms with van der Waals surface area (Å²) in [6, 6.07) is -2.39. The number of hydrogen-bond acceptors (Lipinski definition) is 12. The quantitative estimate of drug-likeness (QED) is 0.107. The number of amides is 4. The zero-order valence-electron chi connectivity index (χ0n) is 23.3. The van der Waals surface area contributed by atoms with Crippen molar-refractivity contribution >= 4 is 23.6 Å². The van der Waals surface area contributed by atoms with Crippen LogP contribution in [0.25, 0.3) is 0 Å². The molecule has 0 aromatic rings. The molecule has 42 heavy (non-hydrogen) atoms. The molecule has 16 nitrogen and oxygen atoms in total. The minimum absolute atomic E-state index is 0.123. The van der Waals surface area contributed by atoms with Crippen LogP contribution in [0.15, 0.2) is 49.6 Å². The van der Waals surface area contributed by atoms with Gasteiger partial charge in [-0.15, -0.1) is 0 Å². The Morgan fingerprint density at radius 1 is 0.643 bits per heavy atom. The van der Waals surface area contributed by atoms with Crippen LogP contribution in [-0.4, -0.2) is 129 Å². The average molecular weight is 601 g/mol. The molecule has 0 aromatic carbocycles. The minimum Gasteiger partial charge on any atom is -0.388 e. The summed E-state index contributed by atoms with van der Waals surface area (Å²) in [5.74, 6) is -2.11. The number of aliphatic hydroxyl groups is 6. The second kappa shape index (κ2) is 16.8. The molecule has 2 saturated heterocycles. The van der Waals surface area contributed by atoms with E-state index in [2.05, 4.69) is 47.6 Å². The maximum atomic E-state index is 11.5. The topological polar surface area (TPSA) is 256 Å². The van der Waals surface area contributed by atoms with Crippen molar-refractivity contribution in [2.75, 3.05) is 13.1 Å². The van der Waals surface area contributed by atoms with Crippen LogP contribution in [0.1, 0.15) is 13.8 Å². The number of carbonyl (C=O) groups excluding carboxylic acids is 4. The van der Waals surface area contributed by atoms with Crippen molar-refractivity contribution in [1.82, 2.24) is 21.3 Å². The number of rotatable bonds is 10. The highest BCUT2D eigenvalue weighted by atomic mass is 16.6. The van der Waals surface area contributed by atoms with Crippen LogP contribution in [-0.2, 0) is 28.7 Å². The van der Waals surface area contributed by atoms with Gasteiger partial charge in [-0.3, -0.25) is 19.2 Å². The lowest BCUT2D eigenvalue weighted by atomic mass is 9.96. The van der Waals surface area contributed by atoms with Crippen LogP contribution in [0.2, 0.25) is 0 Å². The molecular weight excluding hydrogens is 560 g/mol. The number of ether oxygens (including phenoxy) is 2. The highest BCUT2D eigenvalue weighted by molar-refractivity contribution is 5.92. The summed E-state index contributed by atoms with van der Waals surface area (Å²) in [6.45, 7) is 16.1. The van der Waals surface area contributed by atoms with Gasteiger partial charge in [0.1, 0.15) is 48.7 Å². The lowest BCUT2D eigenvalue weighted by molar-refractivity contribution is -0.245. The third kappa shape index (κ3) is 10.4. The average Bonchev–Trinajstić information content (AvgIpc) is 2.95. The first-order chi connectivity index (χ1) is 19.5. The number of carbonyl (C=O) groups is 4. The second-order valence-corrected chi connectivity index (χ2v) is 9.55. The first-order valence-electron chi connectivity index (χ1n) is 12.7. The first-order valence-corrected chi connectivity index (χ1v) is 12.7. The van der Waals surface area contributed by atoms with Gasteiger partial charge in [0.25, 0.3) is 0 Å². The maximum absolute atomic E-state index is 11.5.